The maximum absolute atomic E-state index is 8.75. The lowest BCUT2D eigenvalue weighted by molar-refractivity contribution is 0.431. The molecule has 0 spiro atoms. The van der Waals surface area contributed by atoms with E-state index in [1.165, 1.54) is 0 Å². The molecule has 0 bridgehead atoms. The second-order valence-electron chi connectivity index (χ2n) is 3.83. The number of halogens is 1. The largest absolute Gasteiger partial charge is 0.342 e. The van der Waals surface area contributed by atoms with Gasteiger partial charge in [0.1, 0.15) is 17.5 Å². The molecule has 92 valence electrons. The van der Waals surface area contributed by atoms with Crippen molar-refractivity contribution in [3.05, 3.63) is 47.1 Å². The van der Waals surface area contributed by atoms with Crippen LogP contribution < -0.4 is 0 Å². The molecule has 0 amide bonds. The molecule has 0 saturated heterocycles. The van der Waals surface area contributed by atoms with Crippen LogP contribution in [0.25, 0.3) is 23.0 Å². The maximum atomic E-state index is 8.75. The van der Waals surface area contributed by atoms with Gasteiger partial charge in [-0.3, -0.25) is 0 Å². The van der Waals surface area contributed by atoms with Gasteiger partial charge in [-0.15, -0.1) is 0 Å². The first kappa shape index (κ1) is 11.5. The normalized spacial score (nSPS) is 10.3. The van der Waals surface area contributed by atoms with Crippen LogP contribution in [0.3, 0.4) is 0 Å². The lowest BCUT2D eigenvalue weighted by Gasteiger charge is -1.93. The van der Waals surface area contributed by atoms with Crippen molar-refractivity contribution in [2.75, 3.05) is 0 Å². The third kappa shape index (κ3) is 2.21. The number of rotatable bonds is 2. The van der Waals surface area contributed by atoms with Crippen molar-refractivity contribution in [2.24, 2.45) is 0 Å². The van der Waals surface area contributed by atoms with E-state index in [4.69, 9.17) is 21.4 Å². The molecular weight excluding hydrogens is 264 g/mol. The van der Waals surface area contributed by atoms with E-state index >= 15 is 0 Å². The van der Waals surface area contributed by atoms with Gasteiger partial charge in [-0.2, -0.15) is 10.2 Å². The molecule has 2 aromatic heterocycles. The molecule has 0 radical (unpaired) electrons. The highest BCUT2D eigenvalue weighted by molar-refractivity contribution is 6.30. The predicted octanol–water partition coefficient (Wildman–Crippen LogP) is 3.26. The van der Waals surface area contributed by atoms with E-state index < -0.39 is 0 Å². The summed E-state index contributed by atoms with van der Waals surface area (Å²) in [5.74, 6) is 0.811. The number of hydrogen-bond donors (Lipinski definition) is 1. The molecule has 5 nitrogen and oxygen atoms in total. The molecule has 0 aliphatic carbocycles. The summed E-state index contributed by atoms with van der Waals surface area (Å²) in [6.07, 6.45) is 0. The fourth-order valence-electron chi connectivity index (χ4n) is 1.63. The van der Waals surface area contributed by atoms with E-state index in [2.05, 4.69) is 15.1 Å². The Morgan fingerprint density at radius 2 is 1.95 bits per heavy atom. The van der Waals surface area contributed by atoms with Gasteiger partial charge < -0.3 is 9.51 Å². The monoisotopic (exact) mass is 270 g/mol. The molecule has 3 rings (SSSR count). The molecule has 0 atom stereocenters. The highest BCUT2D eigenvalue weighted by atomic mass is 35.5. The summed E-state index contributed by atoms with van der Waals surface area (Å²) < 4.78 is 5.16. The molecule has 19 heavy (non-hydrogen) atoms. The third-order valence-electron chi connectivity index (χ3n) is 2.57. The van der Waals surface area contributed by atoms with E-state index in [9.17, 15) is 0 Å². The Bertz CT molecular complexity index is 752. The van der Waals surface area contributed by atoms with Crippen molar-refractivity contribution < 1.29 is 4.52 Å². The number of hydrogen-bond acceptors (Lipinski definition) is 4. The van der Waals surface area contributed by atoms with Gasteiger partial charge in [0.25, 0.3) is 5.89 Å². The Kier molecular flexibility index (Phi) is 2.78. The van der Waals surface area contributed by atoms with Crippen LogP contribution in [0, 0.1) is 11.3 Å². The van der Waals surface area contributed by atoms with Gasteiger partial charge in [-0.25, -0.2) is 0 Å². The molecule has 6 heteroatoms. The average Bonchev–Trinajstić information content (AvgIpc) is 3.08. The van der Waals surface area contributed by atoms with Gasteiger partial charge in [0.15, 0.2) is 0 Å². The van der Waals surface area contributed by atoms with Crippen LogP contribution >= 0.6 is 11.6 Å². The zero-order valence-corrected chi connectivity index (χ0v) is 10.3. The Morgan fingerprint density at radius 1 is 1.16 bits per heavy atom. The molecule has 3 aromatic rings. The quantitative estimate of drug-likeness (QED) is 0.775. The van der Waals surface area contributed by atoms with Crippen molar-refractivity contribution >= 4 is 11.6 Å². The lowest BCUT2D eigenvalue weighted by atomic mass is 10.2. The van der Waals surface area contributed by atoms with E-state index in [1.807, 2.05) is 18.2 Å². The van der Waals surface area contributed by atoms with Gasteiger partial charge >= 0.3 is 0 Å². The molecule has 0 unspecified atom stereocenters. The summed E-state index contributed by atoms with van der Waals surface area (Å²) in [4.78, 5) is 7.14. The predicted molar refractivity (Wildman–Crippen MR) is 69.2 cm³/mol. The van der Waals surface area contributed by atoms with Crippen LogP contribution in [-0.2, 0) is 0 Å². The second-order valence-corrected chi connectivity index (χ2v) is 4.26. The smallest absolute Gasteiger partial charge is 0.274 e. The molecule has 0 aliphatic rings. The summed E-state index contributed by atoms with van der Waals surface area (Å²) >= 11 is 5.82. The van der Waals surface area contributed by atoms with Crippen molar-refractivity contribution in [2.45, 2.75) is 0 Å². The standard InChI is InChI=1S/C13H7ClN4O/c14-9-3-1-8(2-4-9)12-17-13(19-18-12)11-6-5-10(7-15)16-11/h1-6,16H. The molecule has 0 aliphatic heterocycles. The summed E-state index contributed by atoms with van der Waals surface area (Å²) in [6.45, 7) is 0. The first-order chi connectivity index (χ1) is 9.26. The van der Waals surface area contributed by atoms with Crippen molar-refractivity contribution in [3.8, 4) is 29.0 Å². The minimum absolute atomic E-state index is 0.339. The molecule has 2 heterocycles. The number of benzene rings is 1. The number of H-pyrrole nitrogens is 1. The second kappa shape index (κ2) is 4.59. The molecule has 0 fully saturated rings. The Labute approximate surface area is 113 Å². The van der Waals surface area contributed by atoms with Crippen molar-refractivity contribution in [1.29, 1.82) is 5.26 Å². The number of nitrogens with one attached hydrogen (secondary N) is 1. The van der Waals surface area contributed by atoms with Crippen LogP contribution in [0.5, 0.6) is 0 Å². The Hall–Kier alpha value is -2.58. The topological polar surface area (TPSA) is 78.5 Å². The highest BCUT2D eigenvalue weighted by Gasteiger charge is 2.12. The fourth-order valence-corrected chi connectivity index (χ4v) is 1.76. The van der Waals surface area contributed by atoms with Crippen LogP contribution in [0.15, 0.2) is 40.9 Å². The van der Waals surface area contributed by atoms with Gasteiger partial charge in [-0.1, -0.05) is 16.8 Å². The summed E-state index contributed by atoms with van der Waals surface area (Å²) in [5, 5.41) is 13.3. The summed E-state index contributed by atoms with van der Waals surface area (Å²) in [6, 6.07) is 12.5. The first-order valence-electron chi connectivity index (χ1n) is 5.45. The van der Waals surface area contributed by atoms with Gasteiger partial charge in [-0.05, 0) is 36.4 Å². The third-order valence-corrected chi connectivity index (χ3v) is 2.82. The minimum atomic E-state index is 0.339. The number of aromatic amines is 1. The van der Waals surface area contributed by atoms with E-state index in [1.54, 1.807) is 24.3 Å². The molecule has 0 saturated carbocycles. The van der Waals surface area contributed by atoms with E-state index in [-0.39, 0.29) is 0 Å². The zero-order chi connectivity index (χ0) is 13.2. The first-order valence-corrected chi connectivity index (χ1v) is 5.83. The Morgan fingerprint density at radius 3 is 2.63 bits per heavy atom. The number of nitriles is 1. The van der Waals surface area contributed by atoms with Gasteiger partial charge in [0.05, 0.1) is 0 Å². The van der Waals surface area contributed by atoms with Gasteiger partial charge in [0.2, 0.25) is 5.82 Å². The minimum Gasteiger partial charge on any atom is -0.342 e. The number of nitrogens with zero attached hydrogens (tertiary/aromatic N) is 3. The molecule has 1 aromatic carbocycles. The SMILES string of the molecule is N#Cc1ccc(-c2nc(-c3ccc(Cl)cc3)no2)[nH]1. The van der Waals surface area contributed by atoms with Crippen molar-refractivity contribution in [3.63, 3.8) is 0 Å². The zero-order valence-electron chi connectivity index (χ0n) is 9.59. The maximum Gasteiger partial charge on any atom is 0.274 e. The van der Waals surface area contributed by atoms with Crippen LogP contribution in [-0.4, -0.2) is 15.1 Å². The number of aromatic nitrogens is 3. The van der Waals surface area contributed by atoms with Crippen molar-refractivity contribution in [1.82, 2.24) is 15.1 Å². The lowest BCUT2D eigenvalue weighted by Crippen LogP contribution is -1.81. The molecular formula is C13H7ClN4O. The molecule has 1 N–H and O–H groups in total. The Balaban J connectivity index is 1.95. The van der Waals surface area contributed by atoms with Gasteiger partial charge in [0, 0.05) is 10.6 Å². The fraction of sp³-hybridized carbons (Fsp3) is 0. The van der Waals surface area contributed by atoms with E-state index in [0.717, 1.165) is 5.56 Å². The van der Waals surface area contributed by atoms with Crippen LogP contribution in [0.2, 0.25) is 5.02 Å². The van der Waals surface area contributed by atoms with Crippen LogP contribution in [0.1, 0.15) is 5.69 Å². The highest BCUT2D eigenvalue weighted by Crippen LogP contribution is 2.22. The van der Waals surface area contributed by atoms with Crippen LogP contribution in [0.4, 0.5) is 0 Å². The van der Waals surface area contributed by atoms with E-state index in [0.29, 0.717) is 28.1 Å². The summed E-state index contributed by atoms with van der Waals surface area (Å²) in [5.41, 5.74) is 1.87. The average molecular weight is 271 g/mol. The summed E-state index contributed by atoms with van der Waals surface area (Å²) in [7, 11) is 0.